The van der Waals surface area contributed by atoms with E-state index in [-0.39, 0.29) is 28.0 Å². The van der Waals surface area contributed by atoms with Crippen molar-refractivity contribution in [2.24, 2.45) is 0 Å². The Hall–Kier alpha value is -1.53. The molecule has 0 radical (unpaired) electrons. The summed E-state index contributed by atoms with van der Waals surface area (Å²) in [6.07, 6.45) is -0.945. The molecule has 0 aromatic heterocycles. The summed E-state index contributed by atoms with van der Waals surface area (Å²) in [5.41, 5.74) is -0.119. The first-order valence-corrected chi connectivity index (χ1v) is 6.92. The summed E-state index contributed by atoms with van der Waals surface area (Å²) in [6, 6.07) is 6.23. The van der Waals surface area contributed by atoms with Crippen molar-refractivity contribution in [2.75, 3.05) is 0 Å². The molecule has 0 aliphatic rings. The summed E-state index contributed by atoms with van der Waals surface area (Å²) >= 11 is 2.96. The lowest BCUT2D eigenvalue weighted by molar-refractivity contribution is 0.193. The molecule has 1 atom stereocenters. The average molecular weight is 361 g/mol. The van der Waals surface area contributed by atoms with Gasteiger partial charge in [0.2, 0.25) is 0 Å². The number of benzene rings is 2. The van der Waals surface area contributed by atoms with Gasteiger partial charge in [-0.25, -0.2) is 13.2 Å². The summed E-state index contributed by atoms with van der Waals surface area (Å²) < 4.78 is 46.3. The van der Waals surface area contributed by atoms with E-state index in [1.807, 2.05) is 0 Å². The molecule has 1 N–H and O–H groups in total. The molecule has 0 aliphatic heterocycles. The molecular formula is C15H12BrF3O2. The fourth-order valence-electron chi connectivity index (χ4n) is 1.79. The zero-order valence-corrected chi connectivity index (χ0v) is 12.6. The molecule has 2 nitrogen and oxygen atoms in total. The quantitative estimate of drug-likeness (QED) is 0.813. The molecule has 2 aromatic carbocycles. The maximum Gasteiger partial charge on any atom is 0.146 e. The minimum Gasteiger partial charge on any atom is -0.489 e. The molecular weight excluding hydrogens is 349 g/mol. The zero-order valence-electron chi connectivity index (χ0n) is 11.0. The van der Waals surface area contributed by atoms with Crippen LogP contribution in [-0.2, 0) is 6.61 Å². The van der Waals surface area contributed by atoms with Crippen molar-refractivity contribution in [3.8, 4) is 5.75 Å². The van der Waals surface area contributed by atoms with Crippen molar-refractivity contribution in [3.63, 3.8) is 0 Å². The number of halogens is 4. The second kappa shape index (κ2) is 6.49. The first-order chi connectivity index (χ1) is 9.90. The van der Waals surface area contributed by atoms with E-state index in [0.717, 1.165) is 12.1 Å². The van der Waals surface area contributed by atoms with Gasteiger partial charge in [0.25, 0.3) is 0 Å². The van der Waals surface area contributed by atoms with Crippen molar-refractivity contribution >= 4 is 15.9 Å². The van der Waals surface area contributed by atoms with Gasteiger partial charge in [-0.3, -0.25) is 0 Å². The number of ether oxygens (including phenoxy) is 1. The van der Waals surface area contributed by atoms with Gasteiger partial charge >= 0.3 is 0 Å². The van der Waals surface area contributed by atoms with Crippen LogP contribution < -0.4 is 4.74 Å². The highest BCUT2D eigenvalue weighted by molar-refractivity contribution is 9.10. The van der Waals surface area contributed by atoms with E-state index in [9.17, 15) is 18.3 Å². The van der Waals surface area contributed by atoms with Gasteiger partial charge in [-0.1, -0.05) is 0 Å². The third-order valence-electron chi connectivity index (χ3n) is 2.94. The van der Waals surface area contributed by atoms with Gasteiger partial charge in [0.15, 0.2) is 0 Å². The summed E-state index contributed by atoms with van der Waals surface area (Å²) in [7, 11) is 0. The molecule has 2 aromatic rings. The SMILES string of the molecule is C[C@@H](O)c1ccc(OCc2c(F)ccc(Br)c2F)cc1F. The third kappa shape index (κ3) is 3.57. The fraction of sp³-hybridized carbons (Fsp3) is 0.200. The van der Waals surface area contributed by atoms with Crippen LogP contribution >= 0.6 is 15.9 Å². The second-order valence-corrected chi connectivity index (χ2v) is 5.32. The van der Waals surface area contributed by atoms with Crippen molar-refractivity contribution < 1.29 is 23.0 Å². The Balaban J connectivity index is 2.18. The molecule has 0 spiro atoms. The predicted octanol–water partition coefficient (Wildman–Crippen LogP) is 4.50. The van der Waals surface area contributed by atoms with Crippen LogP contribution in [0.2, 0.25) is 0 Å². The van der Waals surface area contributed by atoms with Crippen LogP contribution in [0.1, 0.15) is 24.2 Å². The largest absolute Gasteiger partial charge is 0.489 e. The number of rotatable bonds is 4. The molecule has 0 aliphatic carbocycles. The summed E-state index contributed by atoms with van der Waals surface area (Å²) in [4.78, 5) is 0. The van der Waals surface area contributed by atoms with E-state index in [2.05, 4.69) is 15.9 Å². The van der Waals surface area contributed by atoms with Crippen molar-refractivity contribution in [1.82, 2.24) is 0 Å². The van der Waals surface area contributed by atoms with Gasteiger partial charge in [0, 0.05) is 11.6 Å². The Morgan fingerprint density at radius 3 is 2.48 bits per heavy atom. The Kier molecular flexibility index (Phi) is 4.90. The molecule has 0 unspecified atom stereocenters. The van der Waals surface area contributed by atoms with Gasteiger partial charge in [-0.2, -0.15) is 0 Å². The Morgan fingerprint density at radius 2 is 1.86 bits per heavy atom. The van der Waals surface area contributed by atoms with Gasteiger partial charge in [-0.05, 0) is 47.1 Å². The monoisotopic (exact) mass is 360 g/mol. The zero-order chi connectivity index (χ0) is 15.6. The standard InChI is InChI=1S/C15H12BrF3O2/c1-8(20)10-3-2-9(6-14(10)18)21-7-11-13(17)5-4-12(16)15(11)19/h2-6,8,20H,7H2,1H3/t8-/m1/s1. The van der Waals surface area contributed by atoms with E-state index in [4.69, 9.17) is 4.74 Å². The Labute approximate surface area is 128 Å². The van der Waals surface area contributed by atoms with E-state index >= 15 is 0 Å². The lowest BCUT2D eigenvalue weighted by Gasteiger charge is -2.11. The van der Waals surface area contributed by atoms with E-state index in [1.54, 1.807) is 0 Å². The minimum absolute atomic E-state index is 0.121. The van der Waals surface area contributed by atoms with Crippen molar-refractivity contribution in [3.05, 3.63) is 63.4 Å². The van der Waals surface area contributed by atoms with E-state index in [1.165, 1.54) is 25.1 Å². The Morgan fingerprint density at radius 1 is 1.14 bits per heavy atom. The molecule has 0 saturated heterocycles. The van der Waals surface area contributed by atoms with Crippen LogP contribution in [0.3, 0.4) is 0 Å². The van der Waals surface area contributed by atoms with Gasteiger partial charge in [-0.15, -0.1) is 0 Å². The van der Waals surface area contributed by atoms with Gasteiger partial charge < -0.3 is 9.84 Å². The molecule has 0 heterocycles. The topological polar surface area (TPSA) is 29.5 Å². The van der Waals surface area contributed by atoms with Crippen LogP contribution in [0.5, 0.6) is 5.75 Å². The number of aliphatic hydroxyl groups is 1. The van der Waals surface area contributed by atoms with E-state index in [0.29, 0.717) is 0 Å². The third-order valence-corrected chi connectivity index (χ3v) is 3.56. The Bertz CT molecular complexity index is 660. The minimum atomic E-state index is -0.945. The molecule has 112 valence electrons. The smallest absolute Gasteiger partial charge is 0.146 e. The highest BCUT2D eigenvalue weighted by Crippen LogP contribution is 2.25. The highest BCUT2D eigenvalue weighted by atomic mass is 79.9. The molecule has 21 heavy (non-hydrogen) atoms. The molecule has 0 bridgehead atoms. The maximum atomic E-state index is 13.7. The predicted molar refractivity (Wildman–Crippen MR) is 75.4 cm³/mol. The lowest BCUT2D eigenvalue weighted by atomic mass is 10.1. The lowest BCUT2D eigenvalue weighted by Crippen LogP contribution is -2.03. The normalized spacial score (nSPS) is 12.3. The molecule has 2 rings (SSSR count). The van der Waals surface area contributed by atoms with Crippen molar-refractivity contribution in [1.29, 1.82) is 0 Å². The highest BCUT2D eigenvalue weighted by Gasteiger charge is 2.14. The number of hydrogen-bond donors (Lipinski definition) is 1. The van der Waals surface area contributed by atoms with Crippen LogP contribution in [0.4, 0.5) is 13.2 Å². The summed E-state index contributed by atoms with van der Waals surface area (Å²) in [5, 5.41) is 9.32. The van der Waals surface area contributed by atoms with Crippen LogP contribution in [0.15, 0.2) is 34.8 Å². The summed E-state index contributed by atoms with van der Waals surface area (Å²) in [5.74, 6) is -2.01. The molecule has 0 fully saturated rings. The number of aliphatic hydroxyl groups excluding tert-OH is 1. The fourth-order valence-corrected chi connectivity index (χ4v) is 2.16. The van der Waals surface area contributed by atoms with Crippen LogP contribution in [-0.4, -0.2) is 5.11 Å². The van der Waals surface area contributed by atoms with E-state index < -0.39 is 23.6 Å². The molecule has 6 heteroatoms. The van der Waals surface area contributed by atoms with Crippen molar-refractivity contribution in [2.45, 2.75) is 19.6 Å². The molecule has 0 saturated carbocycles. The van der Waals surface area contributed by atoms with Gasteiger partial charge in [0.05, 0.1) is 16.1 Å². The first kappa shape index (κ1) is 15.9. The molecule has 0 amide bonds. The summed E-state index contributed by atoms with van der Waals surface area (Å²) in [6.45, 7) is 1.07. The maximum absolute atomic E-state index is 13.7. The first-order valence-electron chi connectivity index (χ1n) is 6.13. The second-order valence-electron chi connectivity index (χ2n) is 4.47. The van der Waals surface area contributed by atoms with Crippen LogP contribution in [0.25, 0.3) is 0 Å². The number of hydrogen-bond acceptors (Lipinski definition) is 2. The van der Waals surface area contributed by atoms with Crippen LogP contribution in [0, 0.1) is 17.5 Å². The van der Waals surface area contributed by atoms with Gasteiger partial charge in [0.1, 0.15) is 29.8 Å². The average Bonchev–Trinajstić information content (AvgIpc) is 2.43.